The lowest BCUT2D eigenvalue weighted by molar-refractivity contribution is -0.116. The smallest absolute Gasteiger partial charge is 0.299 e. The molecular formula is C19H16F3N5O2. The Kier molecular flexibility index (Phi) is 5.26. The fourth-order valence-electron chi connectivity index (χ4n) is 2.85. The number of pyridine rings is 1. The Hall–Kier alpha value is -3.45. The molecule has 0 unspecified atom stereocenters. The summed E-state index contributed by atoms with van der Waals surface area (Å²) in [6, 6.07) is 7.87. The molecule has 29 heavy (non-hydrogen) atoms. The van der Waals surface area contributed by atoms with E-state index >= 15 is 0 Å². The Morgan fingerprint density at radius 2 is 2.10 bits per heavy atom. The molecule has 0 saturated carbocycles. The zero-order chi connectivity index (χ0) is 21.2. The van der Waals surface area contributed by atoms with Gasteiger partial charge in [0.05, 0.1) is 5.56 Å². The Labute approximate surface area is 164 Å². The maximum Gasteiger partial charge on any atom is 0.299 e. The van der Waals surface area contributed by atoms with Crippen molar-refractivity contribution in [1.82, 2.24) is 4.98 Å². The van der Waals surface area contributed by atoms with E-state index in [9.17, 15) is 18.0 Å². The minimum atomic E-state index is -3.55. The predicted molar refractivity (Wildman–Crippen MR) is 98.0 cm³/mol. The predicted octanol–water partition coefficient (Wildman–Crippen LogP) is 2.58. The van der Waals surface area contributed by atoms with Crippen molar-refractivity contribution in [1.29, 1.82) is 5.26 Å². The normalized spacial score (nSPS) is 20.9. The van der Waals surface area contributed by atoms with Gasteiger partial charge in [-0.3, -0.25) is 9.79 Å². The number of nitrogens with one attached hydrogen (secondary N) is 1. The number of benzene rings is 1. The number of aromatic nitrogens is 1. The summed E-state index contributed by atoms with van der Waals surface area (Å²) < 4.78 is 48.7. The molecule has 10 heteroatoms. The van der Waals surface area contributed by atoms with Crippen molar-refractivity contribution in [2.75, 3.05) is 18.5 Å². The van der Waals surface area contributed by atoms with Gasteiger partial charge in [-0.1, -0.05) is 0 Å². The molecule has 1 aliphatic rings. The molecular weight excluding hydrogens is 387 g/mol. The van der Waals surface area contributed by atoms with Crippen LogP contribution in [0, 0.1) is 17.1 Å². The van der Waals surface area contributed by atoms with Crippen molar-refractivity contribution >= 4 is 17.4 Å². The Morgan fingerprint density at radius 1 is 1.34 bits per heavy atom. The van der Waals surface area contributed by atoms with Gasteiger partial charge in [0.1, 0.15) is 36.6 Å². The number of ether oxygens (including phenoxy) is 1. The van der Waals surface area contributed by atoms with Crippen molar-refractivity contribution in [3.63, 3.8) is 0 Å². The molecule has 2 aromatic rings. The summed E-state index contributed by atoms with van der Waals surface area (Å²) in [6.07, 6.45) is 1.22. The van der Waals surface area contributed by atoms with Gasteiger partial charge in [0.25, 0.3) is 11.8 Å². The van der Waals surface area contributed by atoms with Crippen LogP contribution >= 0.6 is 0 Å². The minimum Gasteiger partial charge on any atom is -0.385 e. The van der Waals surface area contributed by atoms with Gasteiger partial charge in [0.2, 0.25) is 0 Å². The summed E-state index contributed by atoms with van der Waals surface area (Å²) in [5, 5.41) is 11.2. The van der Waals surface area contributed by atoms with Crippen LogP contribution in [0.1, 0.15) is 28.5 Å². The van der Waals surface area contributed by atoms with Crippen LogP contribution in [0.15, 0.2) is 41.5 Å². The number of nitrogens with two attached hydrogens (primary N) is 1. The summed E-state index contributed by atoms with van der Waals surface area (Å²) in [4.78, 5) is 20.0. The van der Waals surface area contributed by atoms with E-state index in [1.54, 1.807) is 0 Å². The van der Waals surface area contributed by atoms with E-state index in [1.807, 2.05) is 6.07 Å². The van der Waals surface area contributed by atoms with Gasteiger partial charge < -0.3 is 15.8 Å². The van der Waals surface area contributed by atoms with Crippen molar-refractivity contribution in [3.05, 3.63) is 59.2 Å². The highest BCUT2D eigenvalue weighted by atomic mass is 19.3. The van der Waals surface area contributed by atoms with Crippen molar-refractivity contribution in [3.8, 4) is 6.07 Å². The molecule has 3 N–H and O–H groups in total. The van der Waals surface area contributed by atoms with Gasteiger partial charge in [0.15, 0.2) is 5.54 Å². The van der Waals surface area contributed by atoms with Crippen LogP contribution in [0.25, 0.3) is 0 Å². The maximum absolute atomic E-state index is 14.7. The number of halogens is 3. The summed E-state index contributed by atoms with van der Waals surface area (Å²) in [6.45, 7) is -0.229. The van der Waals surface area contributed by atoms with Crippen LogP contribution in [0.4, 0.5) is 18.9 Å². The molecule has 0 spiro atoms. The molecule has 150 valence electrons. The number of rotatable bonds is 3. The molecule has 1 aromatic carbocycles. The van der Waals surface area contributed by atoms with E-state index in [0.29, 0.717) is 0 Å². The second-order valence-corrected chi connectivity index (χ2v) is 6.57. The first-order valence-corrected chi connectivity index (χ1v) is 8.43. The second kappa shape index (κ2) is 7.52. The number of carbonyl (C=O) groups is 1. The maximum atomic E-state index is 14.7. The van der Waals surface area contributed by atoms with Crippen molar-refractivity contribution < 1.29 is 22.7 Å². The third kappa shape index (κ3) is 3.90. The molecule has 0 saturated heterocycles. The first kappa shape index (κ1) is 20.3. The monoisotopic (exact) mass is 403 g/mol. The van der Waals surface area contributed by atoms with Crippen molar-refractivity contribution in [2.24, 2.45) is 10.7 Å². The van der Waals surface area contributed by atoms with E-state index in [4.69, 9.17) is 15.7 Å². The molecule has 0 fully saturated rings. The molecule has 7 nitrogen and oxygen atoms in total. The summed E-state index contributed by atoms with van der Waals surface area (Å²) in [7, 11) is 0. The molecule has 3 rings (SSSR count). The number of nitriles is 1. The van der Waals surface area contributed by atoms with E-state index in [0.717, 1.165) is 19.1 Å². The second-order valence-electron chi connectivity index (χ2n) is 6.57. The lowest BCUT2D eigenvalue weighted by atomic mass is 9.85. The van der Waals surface area contributed by atoms with Gasteiger partial charge in [-0.05, 0) is 37.3 Å². The SMILES string of the molecule is C[C@]1(c2cc(NC(=O)c3ccc(C#N)cn3)ccc2F)N=C(N)COCC1(F)F. The third-order valence-corrected chi connectivity index (χ3v) is 4.49. The highest BCUT2D eigenvalue weighted by molar-refractivity contribution is 6.02. The highest BCUT2D eigenvalue weighted by Gasteiger charge is 2.54. The number of hydrogen-bond acceptors (Lipinski definition) is 6. The van der Waals surface area contributed by atoms with Gasteiger partial charge in [-0.25, -0.2) is 18.2 Å². The Balaban J connectivity index is 1.96. The molecule has 1 aliphatic heterocycles. The molecule has 0 radical (unpaired) electrons. The van der Waals surface area contributed by atoms with Gasteiger partial charge in [-0.2, -0.15) is 5.26 Å². The first-order chi connectivity index (χ1) is 13.7. The fraction of sp³-hybridized carbons (Fsp3) is 0.263. The summed E-state index contributed by atoms with van der Waals surface area (Å²) >= 11 is 0. The number of nitrogens with zero attached hydrogens (tertiary/aromatic N) is 3. The Bertz CT molecular complexity index is 1020. The van der Waals surface area contributed by atoms with E-state index in [2.05, 4.69) is 15.3 Å². The fourth-order valence-corrected chi connectivity index (χ4v) is 2.85. The zero-order valence-corrected chi connectivity index (χ0v) is 15.2. The van der Waals surface area contributed by atoms with Crippen LogP contribution < -0.4 is 11.1 Å². The molecule has 2 heterocycles. The van der Waals surface area contributed by atoms with Crippen molar-refractivity contribution in [2.45, 2.75) is 18.4 Å². The van der Waals surface area contributed by atoms with Gasteiger partial charge >= 0.3 is 0 Å². The van der Waals surface area contributed by atoms with Crippen LogP contribution in [0.3, 0.4) is 0 Å². The molecule has 1 aromatic heterocycles. The third-order valence-electron chi connectivity index (χ3n) is 4.49. The number of carbonyl (C=O) groups excluding carboxylic acids is 1. The lowest BCUT2D eigenvalue weighted by Gasteiger charge is -2.33. The van der Waals surface area contributed by atoms with E-state index in [1.165, 1.54) is 24.4 Å². The number of anilines is 1. The van der Waals surface area contributed by atoms with Crippen LogP contribution in [-0.4, -0.2) is 35.9 Å². The van der Waals surface area contributed by atoms with Crippen LogP contribution in [-0.2, 0) is 10.3 Å². The molecule has 1 amide bonds. The van der Waals surface area contributed by atoms with Crippen LogP contribution in [0.5, 0.6) is 0 Å². The van der Waals surface area contributed by atoms with Gasteiger partial charge in [-0.15, -0.1) is 0 Å². The minimum absolute atomic E-state index is 0.00320. The highest BCUT2D eigenvalue weighted by Crippen LogP contribution is 2.44. The van der Waals surface area contributed by atoms with Crippen LogP contribution in [0.2, 0.25) is 0 Å². The Morgan fingerprint density at radius 3 is 2.76 bits per heavy atom. The van der Waals surface area contributed by atoms with E-state index < -0.39 is 35.4 Å². The first-order valence-electron chi connectivity index (χ1n) is 8.43. The number of amidine groups is 1. The molecule has 1 atom stereocenters. The standard InChI is InChI=1S/C19H16F3N5O2/c1-18(19(21,22)10-29-9-16(24)27-18)13-6-12(3-4-14(13)20)26-17(28)15-5-2-11(7-23)8-25-15/h2-6,8H,9-10H2,1H3,(H2,24,27)(H,26,28)/t18-/m1/s1. The number of alkyl halides is 2. The summed E-state index contributed by atoms with van der Waals surface area (Å²) in [5.74, 6) is -5.33. The van der Waals surface area contributed by atoms with E-state index in [-0.39, 0.29) is 29.4 Å². The number of hydrogen-bond donors (Lipinski definition) is 2. The van der Waals surface area contributed by atoms with Gasteiger partial charge in [0, 0.05) is 17.4 Å². The summed E-state index contributed by atoms with van der Waals surface area (Å²) in [5.41, 5.74) is 3.16. The average Bonchev–Trinajstić information content (AvgIpc) is 2.78. The number of amides is 1. The molecule has 0 aliphatic carbocycles. The average molecular weight is 403 g/mol. The number of aliphatic imine (C=N–C) groups is 1. The topological polar surface area (TPSA) is 113 Å². The zero-order valence-electron chi connectivity index (χ0n) is 15.2. The lowest BCUT2D eigenvalue weighted by Crippen LogP contribution is -2.45. The quantitative estimate of drug-likeness (QED) is 0.818. The largest absolute Gasteiger partial charge is 0.385 e. The molecule has 0 bridgehead atoms.